The number of hydrogen-bond donors (Lipinski definition) is 2. The highest BCUT2D eigenvalue weighted by atomic mass is 19.1. The van der Waals surface area contributed by atoms with Gasteiger partial charge in [-0.05, 0) is 24.3 Å². The molecule has 0 amide bonds. The minimum Gasteiger partial charge on any atom is -0.388 e. The van der Waals surface area contributed by atoms with E-state index in [1.54, 1.807) is 6.07 Å². The third-order valence-electron chi connectivity index (χ3n) is 3.27. The number of aliphatic hydroxyl groups is 1. The molecule has 1 fully saturated rings. The fraction of sp³-hybridized carbons (Fsp3) is 0.286. The van der Waals surface area contributed by atoms with Crippen LogP contribution in [0.2, 0.25) is 0 Å². The monoisotopic (exact) mass is 293 g/mol. The average Bonchev–Trinajstić information content (AvgIpc) is 2.86. The van der Waals surface area contributed by atoms with Crippen molar-refractivity contribution in [2.24, 2.45) is 0 Å². The van der Waals surface area contributed by atoms with Crippen LogP contribution >= 0.6 is 0 Å². The van der Waals surface area contributed by atoms with Crippen molar-refractivity contribution in [3.63, 3.8) is 0 Å². The lowest BCUT2D eigenvalue weighted by Crippen LogP contribution is -2.32. The molecule has 110 valence electrons. The molecule has 2 N–H and O–H groups in total. The van der Waals surface area contributed by atoms with Crippen molar-refractivity contribution in [2.45, 2.75) is 12.1 Å². The van der Waals surface area contributed by atoms with Crippen molar-refractivity contribution in [1.82, 2.24) is 10.2 Å². The molecular formula is C14H13F2N3O2. The normalized spacial score (nSPS) is 21.5. The lowest BCUT2D eigenvalue weighted by Gasteiger charge is -2.14. The molecule has 0 bridgehead atoms. The van der Waals surface area contributed by atoms with Gasteiger partial charge in [-0.2, -0.15) is 0 Å². The summed E-state index contributed by atoms with van der Waals surface area (Å²) in [5, 5.41) is 20.3. The summed E-state index contributed by atoms with van der Waals surface area (Å²) in [6, 6.07) is 6.38. The molecule has 0 spiro atoms. The zero-order valence-corrected chi connectivity index (χ0v) is 11.0. The number of nitrogens with one attached hydrogen (secondary N) is 1. The van der Waals surface area contributed by atoms with E-state index >= 15 is 0 Å². The summed E-state index contributed by atoms with van der Waals surface area (Å²) in [7, 11) is 0. The summed E-state index contributed by atoms with van der Waals surface area (Å²) in [5.41, 5.74) is -0.0971. The van der Waals surface area contributed by atoms with Gasteiger partial charge in [0.05, 0.1) is 36.6 Å². The summed E-state index contributed by atoms with van der Waals surface area (Å²) >= 11 is 0. The predicted octanol–water partition coefficient (Wildman–Crippen LogP) is 1.59. The minimum atomic E-state index is -0.690. The number of benzene rings is 1. The molecule has 1 aromatic carbocycles. The van der Waals surface area contributed by atoms with E-state index in [1.807, 2.05) is 0 Å². The number of anilines is 1. The van der Waals surface area contributed by atoms with E-state index in [1.165, 1.54) is 24.3 Å². The first-order chi connectivity index (χ1) is 10.1. The maximum Gasteiger partial charge on any atom is 0.149 e. The van der Waals surface area contributed by atoms with Gasteiger partial charge in [0.1, 0.15) is 17.5 Å². The number of aliphatic hydroxyl groups excluding tert-OH is 1. The van der Waals surface area contributed by atoms with Crippen LogP contribution in [0.3, 0.4) is 0 Å². The fourth-order valence-corrected chi connectivity index (χ4v) is 2.16. The van der Waals surface area contributed by atoms with Crippen LogP contribution < -0.4 is 5.32 Å². The van der Waals surface area contributed by atoms with E-state index in [0.717, 1.165) is 0 Å². The molecular weight excluding hydrogens is 280 g/mol. The first-order valence-electron chi connectivity index (χ1n) is 6.45. The van der Waals surface area contributed by atoms with Crippen molar-refractivity contribution >= 4 is 5.82 Å². The number of halogens is 2. The Bertz CT molecular complexity index is 616. The van der Waals surface area contributed by atoms with Gasteiger partial charge in [-0.15, -0.1) is 10.2 Å². The van der Waals surface area contributed by atoms with E-state index in [0.29, 0.717) is 12.4 Å². The second kappa shape index (κ2) is 5.71. The van der Waals surface area contributed by atoms with Gasteiger partial charge in [-0.25, -0.2) is 8.78 Å². The van der Waals surface area contributed by atoms with Gasteiger partial charge in [0, 0.05) is 0 Å². The van der Waals surface area contributed by atoms with E-state index in [4.69, 9.17) is 4.74 Å². The second-order valence-corrected chi connectivity index (χ2v) is 4.76. The molecule has 2 aromatic rings. The van der Waals surface area contributed by atoms with Crippen LogP contribution in [-0.4, -0.2) is 40.7 Å². The molecule has 1 saturated heterocycles. The summed E-state index contributed by atoms with van der Waals surface area (Å²) in [6.07, 6.45) is -0.615. The number of hydrogen-bond acceptors (Lipinski definition) is 5. The van der Waals surface area contributed by atoms with Gasteiger partial charge in [-0.3, -0.25) is 0 Å². The molecule has 3 rings (SSSR count). The second-order valence-electron chi connectivity index (χ2n) is 4.76. The molecule has 0 aliphatic carbocycles. The largest absolute Gasteiger partial charge is 0.388 e. The maximum atomic E-state index is 13.6. The molecule has 0 unspecified atom stereocenters. The fourth-order valence-electron chi connectivity index (χ4n) is 2.16. The Hall–Kier alpha value is -2.12. The maximum absolute atomic E-state index is 13.6. The van der Waals surface area contributed by atoms with Crippen LogP contribution in [0, 0.1) is 11.6 Å². The van der Waals surface area contributed by atoms with Gasteiger partial charge in [0.25, 0.3) is 0 Å². The molecule has 2 atom stereocenters. The molecule has 5 nitrogen and oxygen atoms in total. The number of ether oxygens (including phenoxy) is 1. The standard InChI is InChI=1S/C14H13F2N3O2/c15-8-2-1-3-9(16)14(8)10-4-5-13(19-18-10)17-11-6-21-7-12(11)20/h1-5,11-12,20H,6-7H2,(H,17,19)/t11-,12-/m1/s1. The topological polar surface area (TPSA) is 67.3 Å². The van der Waals surface area contributed by atoms with E-state index in [-0.39, 0.29) is 23.9 Å². The van der Waals surface area contributed by atoms with Crippen LogP contribution in [0.1, 0.15) is 0 Å². The highest BCUT2D eigenvalue weighted by molar-refractivity contribution is 5.61. The Morgan fingerprint density at radius 2 is 1.86 bits per heavy atom. The van der Waals surface area contributed by atoms with Gasteiger partial charge in [0.15, 0.2) is 0 Å². The first kappa shape index (κ1) is 13.8. The highest BCUT2D eigenvalue weighted by Gasteiger charge is 2.26. The number of nitrogens with zero attached hydrogens (tertiary/aromatic N) is 2. The van der Waals surface area contributed by atoms with E-state index in [9.17, 15) is 13.9 Å². The SMILES string of the molecule is O[C@@H]1COC[C@H]1Nc1ccc(-c2c(F)cccc2F)nn1. The third-order valence-corrected chi connectivity index (χ3v) is 3.27. The van der Waals surface area contributed by atoms with Crippen LogP contribution in [0.5, 0.6) is 0 Å². The zero-order valence-electron chi connectivity index (χ0n) is 11.0. The summed E-state index contributed by atoms with van der Waals surface area (Å²) in [5.74, 6) is -0.973. The molecule has 0 saturated carbocycles. The summed E-state index contributed by atoms with van der Waals surface area (Å²) in [6.45, 7) is 0.635. The first-order valence-corrected chi connectivity index (χ1v) is 6.45. The molecule has 2 heterocycles. The Labute approximate surface area is 119 Å². The van der Waals surface area contributed by atoms with Crippen molar-refractivity contribution in [2.75, 3.05) is 18.5 Å². The quantitative estimate of drug-likeness (QED) is 0.899. The predicted molar refractivity (Wildman–Crippen MR) is 71.6 cm³/mol. The third kappa shape index (κ3) is 2.84. The Morgan fingerprint density at radius 3 is 2.43 bits per heavy atom. The van der Waals surface area contributed by atoms with Crippen LogP contribution in [0.25, 0.3) is 11.3 Å². The van der Waals surface area contributed by atoms with Gasteiger partial charge in [0.2, 0.25) is 0 Å². The van der Waals surface area contributed by atoms with Gasteiger partial charge in [-0.1, -0.05) is 6.07 Å². The van der Waals surface area contributed by atoms with Crippen molar-refractivity contribution in [3.05, 3.63) is 42.0 Å². The Morgan fingerprint density at radius 1 is 1.10 bits per heavy atom. The molecule has 21 heavy (non-hydrogen) atoms. The van der Waals surface area contributed by atoms with Crippen LogP contribution in [0.4, 0.5) is 14.6 Å². The molecule has 1 aliphatic heterocycles. The Balaban J connectivity index is 1.81. The van der Waals surface area contributed by atoms with Crippen molar-refractivity contribution < 1.29 is 18.6 Å². The molecule has 1 aliphatic rings. The molecule has 0 radical (unpaired) electrons. The van der Waals surface area contributed by atoms with Gasteiger partial charge >= 0.3 is 0 Å². The van der Waals surface area contributed by atoms with Crippen molar-refractivity contribution in [1.29, 1.82) is 0 Å². The van der Waals surface area contributed by atoms with E-state index in [2.05, 4.69) is 15.5 Å². The molecule has 7 heteroatoms. The smallest absolute Gasteiger partial charge is 0.149 e. The van der Waals surface area contributed by atoms with E-state index < -0.39 is 17.7 Å². The lowest BCUT2D eigenvalue weighted by molar-refractivity contribution is 0.125. The van der Waals surface area contributed by atoms with Crippen molar-refractivity contribution in [3.8, 4) is 11.3 Å². The highest BCUT2D eigenvalue weighted by Crippen LogP contribution is 2.24. The lowest BCUT2D eigenvalue weighted by atomic mass is 10.1. The zero-order chi connectivity index (χ0) is 14.8. The molecule has 1 aromatic heterocycles. The summed E-state index contributed by atoms with van der Waals surface area (Å²) in [4.78, 5) is 0. The number of rotatable bonds is 3. The minimum absolute atomic E-state index is 0.111. The van der Waals surface area contributed by atoms with Gasteiger partial charge < -0.3 is 15.2 Å². The van der Waals surface area contributed by atoms with Crippen LogP contribution in [0.15, 0.2) is 30.3 Å². The Kier molecular flexibility index (Phi) is 3.76. The summed E-state index contributed by atoms with van der Waals surface area (Å²) < 4.78 is 32.4. The number of aromatic nitrogens is 2. The van der Waals surface area contributed by atoms with Crippen LogP contribution in [-0.2, 0) is 4.74 Å². The average molecular weight is 293 g/mol.